The number of hydrogen-bond donors (Lipinski definition) is 0. The Hall–Kier alpha value is 0.00883. The number of ether oxygens (including phenoxy) is 2. The van der Waals surface area contributed by atoms with E-state index in [1.54, 1.807) is 0 Å². The van der Waals surface area contributed by atoms with E-state index in [0.29, 0.717) is 13.2 Å². The predicted molar refractivity (Wildman–Crippen MR) is 39.2 cm³/mol. The van der Waals surface area contributed by atoms with Gasteiger partial charge in [-0.1, -0.05) is 0 Å². The average molecular weight is 159 g/mol. The molecule has 0 fully saturated rings. The van der Waals surface area contributed by atoms with Gasteiger partial charge in [-0.2, -0.15) is 0 Å². The standard InChI is InChI=1S/2C3H7O2.Be/c2*1-5-3-2-4;/h2*2-3H2,1H3;/q2*-1;+2. The van der Waals surface area contributed by atoms with Crippen LogP contribution in [0.3, 0.4) is 0 Å². The Balaban J connectivity index is -0.000000107. The SMILES string of the molecule is COCC[O-].COCC[O-].[Be+2]. The van der Waals surface area contributed by atoms with Crippen LogP contribution in [0.1, 0.15) is 0 Å². The second-order valence-electron chi connectivity index (χ2n) is 1.39. The fourth-order valence-corrected chi connectivity index (χ4v) is 0.167. The number of methoxy groups -OCH3 is 2. The molecule has 0 aromatic rings. The molecular weight excluding hydrogens is 145 g/mol. The minimum atomic E-state index is -0.128. The maximum Gasteiger partial charge on any atom is 2.00 e. The Labute approximate surface area is 71.3 Å². The molecule has 0 bridgehead atoms. The van der Waals surface area contributed by atoms with Crippen molar-refractivity contribution in [1.29, 1.82) is 0 Å². The van der Waals surface area contributed by atoms with Crippen molar-refractivity contribution in [3.8, 4) is 0 Å². The minimum absolute atomic E-state index is 0. The summed E-state index contributed by atoms with van der Waals surface area (Å²) in [6.07, 6.45) is 0. The molecule has 0 radical (unpaired) electrons. The second kappa shape index (κ2) is 22.5. The van der Waals surface area contributed by atoms with Gasteiger partial charge in [-0.15, -0.1) is 13.2 Å². The summed E-state index contributed by atoms with van der Waals surface area (Å²) in [5, 5.41) is 18.8. The van der Waals surface area contributed by atoms with Crippen molar-refractivity contribution >= 4 is 10.1 Å². The van der Waals surface area contributed by atoms with Gasteiger partial charge < -0.3 is 19.7 Å². The van der Waals surface area contributed by atoms with E-state index in [0.717, 1.165) is 0 Å². The zero-order chi connectivity index (χ0) is 8.24. The van der Waals surface area contributed by atoms with Crippen LogP contribution < -0.4 is 10.2 Å². The fraction of sp³-hybridized carbons (Fsp3) is 1.00. The second-order valence-corrected chi connectivity index (χ2v) is 1.39. The quantitative estimate of drug-likeness (QED) is 0.429. The molecule has 0 atom stereocenters. The van der Waals surface area contributed by atoms with Gasteiger partial charge in [0.15, 0.2) is 0 Å². The van der Waals surface area contributed by atoms with Crippen LogP contribution in [0, 0.1) is 0 Å². The molecule has 0 saturated carbocycles. The van der Waals surface area contributed by atoms with E-state index in [-0.39, 0.29) is 23.3 Å². The summed E-state index contributed by atoms with van der Waals surface area (Å²) in [7, 11) is 3.02. The van der Waals surface area contributed by atoms with E-state index < -0.39 is 0 Å². The zero-order valence-corrected chi connectivity index (χ0v) is 7.17. The summed E-state index contributed by atoms with van der Waals surface area (Å²) in [5.74, 6) is 0. The first-order chi connectivity index (χ1) is 4.83. The summed E-state index contributed by atoms with van der Waals surface area (Å²) < 4.78 is 8.76. The Morgan fingerprint density at radius 1 is 0.909 bits per heavy atom. The van der Waals surface area contributed by atoms with Crippen LogP contribution in [0.4, 0.5) is 0 Å². The Morgan fingerprint density at radius 3 is 1.18 bits per heavy atom. The first kappa shape index (κ1) is 17.2. The largest absolute Gasteiger partial charge is 2.00 e. The van der Waals surface area contributed by atoms with Gasteiger partial charge in [0, 0.05) is 27.4 Å². The normalized spacial score (nSPS) is 7.64. The first-order valence-electron chi connectivity index (χ1n) is 2.97. The molecule has 0 aromatic heterocycles. The number of rotatable bonds is 4. The zero-order valence-electron chi connectivity index (χ0n) is 7.17. The molecule has 0 heterocycles. The summed E-state index contributed by atoms with van der Waals surface area (Å²) in [4.78, 5) is 0. The smallest absolute Gasteiger partial charge is 0.853 e. The van der Waals surface area contributed by atoms with Crippen molar-refractivity contribution in [2.45, 2.75) is 0 Å². The molecule has 5 heteroatoms. The maximum atomic E-state index is 9.40. The van der Waals surface area contributed by atoms with Crippen molar-refractivity contribution in [3.63, 3.8) is 0 Å². The van der Waals surface area contributed by atoms with Crippen LogP contribution in [0.2, 0.25) is 0 Å². The van der Waals surface area contributed by atoms with Crippen LogP contribution in [0.5, 0.6) is 0 Å². The van der Waals surface area contributed by atoms with Crippen molar-refractivity contribution in [1.82, 2.24) is 0 Å². The summed E-state index contributed by atoms with van der Waals surface area (Å²) >= 11 is 0. The van der Waals surface area contributed by atoms with Gasteiger partial charge in [0.05, 0.1) is 0 Å². The van der Waals surface area contributed by atoms with E-state index in [9.17, 15) is 10.2 Å². The summed E-state index contributed by atoms with van der Waals surface area (Å²) in [6.45, 7) is 0.410. The van der Waals surface area contributed by atoms with Crippen LogP contribution >= 0.6 is 0 Å². The van der Waals surface area contributed by atoms with Gasteiger partial charge in [0.2, 0.25) is 0 Å². The van der Waals surface area contributed by atoms with Crippen LogP contribution in [-0.2, 0) is 9.47 Å². The Bertz CT molecular complexity index is 35.6. The maximum absolute atomic E-state index is 9.40. The molecule has 11 heavy (non-hydrogen) atoms. The van der Waals surface area contributed by atoms with E-state index in [2.05, 4.69) is 9.47 Å². The molecule has 0 N–H and O–H groups in total. The van der Waals surface area contributed by atoms with Crippen molar-refractivity contribution in [3.05, 3.63) is 0 Å². The fourth-order valence-electron chi connectivity index (χ4n) is 0.167. The number of hydrogen-bond acceptors (Lipinski definition) is 4. The molecule has 0 aliphatic heterocycles. The topological polar surface area (TPSA) is 64.6 Å². The van der Waals surface area contributed by atoms with Crippen molar-refractivity contribution in [2.75, 3.05) is 40.6 Å². The Morgan fingerprint density at radius 2 is 1.18 bits per heavy atom. The van der Waals surface area contributed by atoms with E-state index in [4.69, 9.17) is 0 Å². The summed E-state index contributed by atoms with van der Waals surface area (Å²) in [6, 6.07) is 0. The van der Waals surface area contributed by atoms with E-state index in [1.165, 1.54) is 14.2 Å². The minimum Gasteiger partial charge on any atom is -0.853 e. The molecular formula is C6H14BeO4. The first-order valence-corrected chi connectivity index (χ1v) is 2.97. The summed E-state index contributed by atoms with van der Waals surface area (Å²) in [5.41, 5.74) is 0. The molecule has 0 amide bonds. The van der Waals surface area contributed by atoms with Crippen LogP contribution in [0.25, 0.3) is 0 Å². The monoisotopic (exact) mass is 159 g/mol. The molecule has 0 saturated heterocycles. The predicted octanol–water partition coefficient (Wildman–Crippen LogP) is -2.39. The van der Waals surface area contributed by atoms with Crippen LogP contribution in [-0.4, -0.2) is 50.8 Å². The van der Waals surface area contributed by atoms with Gasteiger partial charge in [0.1, 0.15) is 0 Å². The van der Waals surface area contributed by atoms with Crippen LogP contribution in [0.15, 0.2) is 0 Å². The van der Waals surface area contributed by atoms with Gasteiger partial charge in [0.25, 0.3) is 0 Å². The molecule has 0 aromatic carbocycles. The molecule has 64 valence electrons. The molecule has 0 rings (SSSR count). The van der Waals surface area contributed by atoms with Gasteiger partial charge >= 0.3 is 10.1 Å². The Kier molecular flexibility index (Phi) is 35.2. The van der Waals surface area contributed by atoms with E-state index >= 15 is 0 Å². The van der Waals surface area contributed by atoms with Gasteiger partial charge in [-0.3, -0.25) is 0 Å². The van der Waals surface area contributed by atoms with Gasteiger partial charge in [-0.05, 0) is 0 Å². The average Bonchev–Trinajstić information content (AvgIpc) is 1.93. The molecule has 0 aliphatic rings. The van der Waals surface area contributed by atoms with Crippen molar-refractivity contribution < 1.29 is 19.7 Å². The van der Waals surface area contributed by atoms with Gasteiger partial charge in [-0.25, -0.2) is 0 Å². The molecule has 0 aliphatic carbocycles. The van der Waals surface area contributed by atoms with E-state index in [1.807, 2.05) is 0 Å². The molecule has 0 spiro atoms. The molecule has 4 nitrogen and oxygen atoms in total. The third-order valence-corrected chi connectivity index (χ3v) is 0.575. The van der Waals surface area contributed by atoms with Crippen molar-refractivity contribution in [2.24, 2.45) is 0 Å². The third kappa shape index (κ3) is 39.9. The molecule has 0 unspecified atom stereocenters. The third-order valence-electron chi connectivity index (χ3n) is 0.575.